The SMILES string of the molecule is Cc1ccc(NS(=O)(=O)c2ccc(OCC(=O)Nc3c(F)cccc3F)cc2)cc1C. The molecule has 0 unspecified atom stereocenters. The van der Waals surface area contributed by atoms with E-state index in [1.807, 2.05) is 19.9 Å². The molecule has 1 amide bonds. The van der Waals surface area contributed by atoms with Crippen LogP contribution >= 0.6 is 0 Å². The topological polar surface area (TPSA) is 84.5 Å². The Bertz CT molecular complexity index is 1190. The molecule has 3 rings (SSSR count). The van der Waals surface area contributed by atoms with Gasteiger partial charge in [0, 0.05) is 5.69 Å². The highest BCUT2D eigenvalue weighted by Gasteiger charge is 2.16. The molecule has 2 N–H and O–H groups in total. The van der Waals surface area contributed by atoms with Crippen LogP contribution in [0.4, 0.5) is 20.2 Å². The quantitative estimate of drug-likeness (QED) is 0.564. The molecule has 0 atom stereocenters. The van der Waals surface area contributed by atoms with E-state index in [9.17, 15) is 22.0 Å². The number of carbonyl (C=O) groups is 1. The van der Waals surface area contributed by atoms with Crippen molar-refractivity contribution < 1.29 is 26.7 Å². The Hall–Kier alpha value is -3.46. The van der Waals surface area contributed by atoms with E-state index >= 15 is 0 Å². The van der Waals surface area contributed by atoms with Gasteiger partial charge in [-0.2, -0.15) is 0 Å². The molecule has 6 nitrogen and oxygen atoms in total. The van der Waals surface area contributed by atoms with Crippen molar-refractivity contribution in [3.8, 4) is 5.75 Å². The van der Waals surface area contributed by atoms with E-state index in [1.54, 1.807) is 12.1 Å². The van der Waals surface area contributed by atoms with Gasteiger partial charge in [0.05, 0.1) is 4.90 Å². The molecular formula is C22H20F2N2O4S. The van der Waals surface area contributed by atoms with Gasteiger partial charge in [-0.1, -0.05) is 12.1 Å². The fourth-order valence-corrected chi connectivity index (χ4v) is 3.73. The van der Waals surface area contributed by atoms with Crippen molar-refractivity contribution in [3.05, 3.63) is 83.4 Å². The Labute approximate surface area is 178 Å². The van der Waals surface area contributed by atoms with Gasteiger partial charge in [0.15, 0.2) is 6.61 Å². The van der Waals surface area contributed by atoms with Crippen LogP contribution < -0.4 is 14.8 Å². The smallest absolute Gasteiger partial charge is 0.262 e. The van der Waals surface area contributed by atoms with Crippen molar-refractivity contribution >= 4 is 27.3 Å². The molecule has 0 spiro atoms. The van der Waals surface area contributed by atoms with E-state index in [-0.39, 0.29) is 10.6 Å². The fourth-order valence-electron chi connectivity index (χ4n) is 2.68. The third kappa shape index (κ3) is 5.58. The van der Waals surface area contributed by atoms with Crippen molar-refractivity contribution in [2.24, 2.45) is 0 Å². The lowest BCUT2D eigenvalue weighted by Crippen LogP contribution is -2.21. The fraction of sp³-hybridized carbons (Fsp3) is 0.136. The van der Waals surface area contributed by atoms with E-state index in [1.165, 1.54) is 30.3 Å². The van der Waals surface area contributed by atoms with E-state index in [4.69, 9.17) is 4.74 Å². The number of aryl methyl sites for hydroxylation is 2. The molecule has 0 aromatic heterocycles. The summed E-state index contributed by atoms with van der Waals surface area (Å²) in [6.45, 7) is 3.30. The van der Waals surface area contributed by atoms with Crippen LogP contribution in [0.2, 0.25) is 0 Å². The molecule has 9 heteroatoms. The summed E-state index contributed by atoms with van der Waals surface area (Å²) in [7, 11) is -3.81. The minimum Gasteiger partial charge on any atom is -0.484 e. The summed E-state index contributed by atoms with van der Waals surface area (Å²) >= 11 is 0. The van der Waals surface area contributed by atoms with Crippen molar-refractivity contribution in [3.63, 3.8) is 0 Å². The number of rotatable bonds is 7. The average molecular weight is 446 g/mol. The highest BCUT2D eigenvalue weighted by molar-refractivity contribution is 7.92. The van der Waals surface area contributed by atoms with Crippen LogP contribution in [-0.4, -0.2) is 20.9 Å². The number of para-hydroxylation sites is 1. The molecule has 162 valence electrons. The van der Waals surface area contributed by atoms with Crippen LogP contribution in [0.25, 0.3) is 0 Å². The van der Waals surface area contributed by atoms with Gasteiger partial charge in [-0.05, 0) is 73.5 Å². The van der Waals surface area contributed by atoms with Crippen molar-refractivity contribution in [1.82, 2.24) is 0 Å². The first-order valence-corrected chi connectivity index (χ1v) is 10.7. The zero-order valence-corrected chi connectivity index (χ0v) is 17.6. The van der Waals surface area contributed by atoms with Gasteiger partial charge < -0.3 is 10.1 Å². The number of ether oxygens (including phenoxy) is 1. The predicted molar refractivity (Wildman–Crippen MR) is 114 cm³/mol. The maximum absolute atomic E-state index is 13.6. The van der Waals surface area contributed by atoms with Gasteiger partial charge in [-0.3, -0.25) is 9.52 Å². The monoisotopic (exact) mass is 446 g/mol. The second-order valence-electron chi connectivity index (χ2n) is 6.81. The lowest BCUT2D eigenvalue weighted by molar-refractivity contribution is -0.118. The maximum atomic E-state index is 13.6. The van der Waals surface area contributed by atoms with Crippen LogP contribution in [0, 0.1) is 25.5 Å². The normalized spacial score (nSPS) is 11.1. The Morgan fingerprint density at radius 1 is 0.935 bits per heavy atom. The summed E-state index contributed by atoms with van der Waals surface area (Å²) < 4.78 is 60.0. The van der Waals surface area contributed by atoms with E-state index < -0.39 is 39.9 Å². The summed E-state index contributed by atoms with van der Waals surface area (Å²) in [5.74, 6) is -2.36. The number of anilines is 2. The van der Waals surface area contributed by atoms with Crippen LogP contribution in [0.5, 0.6) is 5.75 Å². The molecule has 3 aromatic carbocycles. The lowest BCUT2D eigenvalue weighted by Gasteiger charge is -2.11. The Morgan fingerprint density at radius 3 is 2.19 bits per heavy atom. The lowest BCUT2D eigenvalue weighted by atomic mass is 10.1. The van der Waals surface area contributed by atoms with Gasteiger partial charge in [0.25, 0.3) is 15.9 Å². The van der Waals surface area contributed by atoms with Crippen molar-refractivity contribution in [2.45, 2.75) is 18.7 Å². The summed E-state index contributed by atoms with van der Waals surface area (Å²) in [6.07, 6.45) is 0. The van der Waals surface area contributed by atoms with Gasteiger partial charge >= 0.3 is 0 Å². The second-order valence-corrected chi connectivity index (χ2v) is 8.49. The van der Waals surface area contributed by atoms with Gasteiger partial charge in [0.2, 0.25) is 0 Å². The first-order chi connectivity index (χ1) is 14.7. The summed E-state index contributed by atoms with van der Waals surface area (Å²) in [6, 6.07) is 13.9. The Morgan fingerprint density at radius 2 is 1.58 bits per heavy atom. The molecule has 3 aromatic rings. The molecule has 31 heavy (non-hydrogen) atoms. The average Bonchev–Trinajstić information content (AvgIpc) is 2.72. The molecule has 0 bridgehead atoms. The van der Waals surface area contributed by atoms with E-state index in [2.05, 4.69) is 10.0 Å². The molecule has 0 heterocycles. The van der Waals surface area contributed by atoms with E-state index in [0.29, 0.717) is 5.69 Å². The van der Waals surface area contributed by atoms with Crippen LogP contribution in [-0.2, 0) is 14.8 Å². The number of amides is 1. The van der Waals surface area contributed by atoms with Crippen LogP contribution in [0.15, 0.2) is 65.6 Å². The highest BCUT2D eigenvalue weighted by Crippen LogP contribution is 2.22. The Kier molecular flexibility index (Phi) is 6.55. The molecule has 0 saturated heterocycles. The van der Waals surface area contributed by atoms with E-state index in [0.717, 1.165) is 23.3 Å². The minimum atomic E-state index is -3.81. The molecular weight excluding hydrogens is 426 g/mol. The first-order valence-electron chi connectivity index (χ1n) is 9.22. The van der Waals surface area contributed by atoms with Crippen LogP contribution in [0.1, 0.15) is 11.1 Å². The molecule has 0 aliphatic rings. The molecule has 0 aliphatic heterocycles. The number of hydrogen-bond acceptors (Lipinski definition) is 4. The van der Waals surface area contributed by atoms with Crippen molar-refractivity contribution in [2.75, 3.05) is 16.6 Å². The highest BCUT2D eigenvalue weighted by atomic mass is 32.2. The molecule has 0 radical (unpaired) electrons. The maximum Gasteiger partial charge on any atom is 0.262 e. The molecule has 0 aliphatic carbocycles. The Balaban J connectivity index is 1.61. The second kappa shape index (κ2) is 9.13. The number of benzene rings is 3. The van der Waals surface area contributed by atoms with Gasteiger partial charge in [-0.15, -0.1) is 0 Å². The van der Waals surface area contributed by atoms with Crippen LogP contribution in [0.3, 0.4) is 0 Å². The van der Waals surface area contributed by atoms with Gasteiger partial charge in [-0.25, -0.2) is 17.2 Å². The first kappa shape index (κ1) is 22.2. The summed E-state index contributed by atoms with van der Waals surface area (Å²) in [5.41, 5.74) is 1.89. The molecule has 0 saturated carbocycles. The molecule has 0 fully saturated rings. The number of hydrogen-bond donors (Lipinski definition) is 2. The standard InChI is InChI=1S/C22H20F2N2O4S/c1-14-6-7-16(12-15(14)2)26-31(28,29)18-10-8-17(9-11-18)30-13-21(27)25-22-19(23)4-3-5-20(22)24/h3-12,26H,13H2,1-2H3,(H,25,27). The largest absolute Gasteiger partial charge is 0.484 e. The summed E-state index contributed by atoms with van der Waals surface area (Å²) in [5, 5.41) is 2.10. The number of nitrogens with one attached hydrogen (secondary N) is 2. The zero-order chi connectivity index (χ0) is 22.6. The van der Waals surface area contributed by atoms with Gasteiger partial charge in [0.1, 0.15) is 23.1 Å². The van der Waals surface area contributed by atoms with Crippen molar-refractivity contribution in [1.29, 1.82) is 0 Å². The minimum absolute atomic E-state index is 0.0101. The number of halogens is 2. The number of carbonyl (C=O) groups excluding carboxylic acids is 1. The third-order valence-electron chi connectivity index (χ3n) is 4.49. The zero-order valence-electron chi connectivity index (χ0n) is 16.8. The predicted octanol–water partition coefficient (Wildman–Crippen LogP) is 4.40. The summed E-state index contributed by atoms with van der Waals surface area (Å²) in [4.78, 5) is 11.9. The third-order valence-corrected chi connectivity index (χ3v) is 5.89. The number of sulfonamides is 1.